The highest BCUT2D eigenvalue weighted by molar-refractivity contribution is 8.18. The average Bonchev–Trinajstić information content (AvgIpc) is 3.00. The molecule has 0 amide bonds. The van der Waals surface area contributed by atoms with Gasteiger partial charge in [0.2, 0.25) is 0 Å². The largest absolute Gasteiger partial charge is 0.508 e. The Hall–Kier alpha value is -3.59. The van der Waals surface area contributed by atoms with Crippen molar-refractivity contribution in [1.82, 2.24) is 0 Å². The molecule has 1 aliphatic heterocycles. The van der Waals surface area contributed by atoms with Crippen LogP contribution in [-0.2, 0) is 9.53 Å². The SMILES string of the molecule is CCOC(=O)C1=C(O)C(=Cc2ccc(O)c(C)c2)SC1=Nc1ccc([N+](=O)[O-])cc1. The van der Waals surface area contributed by atoms with E-state index in [-0.39, 0.29) is 34.4 Å². The lowest BCUT2D eigenvalue weighted by atomic mass is 10.1. The Labute approximate surface area is 176 Å². The monoisotopic (exact) mass is 426 g/mol. The first-order chi connectivity index (χ1) is 14.3. The van der Waals surface area contributed by atoms with Gasteiger partial charge in [0.1, 0.15) is 22.1 Å². The Morgan fingerprint density at radius 3 is 2.53 bits per heavy atom. The molecule has 0 spiro atoms. The number of esters is 1. The summed E-state index contributed by atoms with van der Waals surface area (Å²) in [5, 5.41) is 31.4. The number of thioether (sulfide) groups is 1. The summed E-state index contributed by atoms with van der Waals surface area (Å²) in [6.07, 6.45) is 1.67. The molecule has 2 aromatic rings. The highest BCUT2D eigenvalue weighted by Gasteiger charge is 2.33. The molecule has 1 aliphatic rings. The molecule has 0 atom stereocenters. The Morgan fingerprint density at radius 1 is 1.23 bits per heavy atom. The number of phenolic OH excluding ortho intramolecular Hbond substituents is 1. The van der Waals surface area contributed by atoms with E-state index < -0.39 is 10.9 Å². The minimum absolute atomic E-state index is 0.0676. The molecule has 3 rings (SSSR count). The van der Waals surface area contributed by atoms with E-state index in [9.17, 15) is 25.1 Å². The molecule has 0 aliphatic carbocycles. The van der Waals surface area contributed by atoms with Gasteiger partial charge in [0.05, 0.1) is 22.1 Å². The predicted molar refractivity (Wildman–Crippen MR) is 115 cm³/mol. The van der Waals surface area contributed by atoms with Gasteiger partial charge in [0, 0.05) is 12.1 Å². The van der Waals surface area contributed by atoms with Gasteiger partial charge in [-0.25, -0.2) is 9.79 Å². The van der Waals surface area contributed by atoms with E-state index >= 15 is 0 Å². The van der Waals surface area contributed by atoms with E-state index in [1.54, 1.807) is 38.1 Å². The third-order valence-corrected chi connectivity index (χ3v) is 5.20. The van der Waals surface area contributed by atoms with Crippen LogP contribution < -0.4 is 0 Å². The average molecular weight is 426 g/mol. The lowest BCUT2D eigenvalue weighted by Crippen LogP contribution is -2.12. The maximum absolute atomic E-state index is 12.4. The van der Waals surface area contributed by atoms with Crippen LogP contribution in [0.1, 0.15) is 18.1 Å². The second-order valence-corrected chi connectivity index (χ2v) is 7.32. The van der Waals surface area contributed by atoms with Gasteiger partial charge < -0.3 is 14.9 Å². The summed E-state index contributed by atoms with van der Waals surface area (Å²) >= 11 is 1.08. The third kappa shape index (κ3) is 4.52. The van der Waals surface area contributed by atoms with Crippen molar-refractivity contribution >= 4 is 40.2 Å². The first-order valence-electron chi connectivity index (χ1n) is 8.93. The summed E-state index contributed by atoms with van der Waals surface area (Å²) in [5.74, 6) is -0.818. The highest BCUT2D eigenvalue weighted by Crippen LogP contribution is 2.40. The Balaban J connectivity index is 2.02. The summed E-state index contributed by atoms with van der Waals surface area (Å²) < 4.78 is 5.05. The Morgan fingerprint density at radius 2 is 1.93 bits per heavy atom. The minimum atomic E-state index is -0.714. The fraction of sp³-hybridized carbons (Fsp3) is 0.143. The zero-order valence-corrected chi connectivity index (χ0v) is 17.0. The number of nitro benzene ring substituents is 1. The molecule has 0 radical (unpaired) electrons. The quantitative estimate of drug-likeness (QED) is 0.400. The molecule has 0 aromatic heterocycles. The number of aromatic hydroxyl groups is 1. The number of hydrogen-bond acceptors (Lipinski definition) is 8. The summed E-state index contributed by atoms with van der Waals surface area (Å²) in [7, 11) is 0. The van der Waals surface area contributed by atoms with Crippen LogP contribution in [0, 0.1) is 17.0 Å². The molecule has 2 N–H and O–H groups in total. The van der Waals surface area contributed by atoms with E-state index in [0.29, 0.717) is 16.2 Å². The molecule has 0 fully saturated rings. The number of ether oxygens (including phenoxy) is 1. The maximum Gasteiger partial charge on any atom is 0.344 e. The molecule has 0 saturated heterocycles. The van der Waals surface area contributed by atoms with Crippen molar-refractivity contribution in [3.63, 3.8) is 0 Å². The van der Waals surface area contributed by atoms with Crippen molar-refractivity contribution < 1.29 is 24.7 Å². The summed E-state index contributed by atoms with van der Waals surface area (Å²) in [6.45, 7) is 3.53. The Kier molecular flexibility index (Phi) is 6.22. The molecular weight excluding hydrogens is 408 g/mol. The number of aliphatic hydroxyl groups is 1. The molecule has 2 aromatic carbocycles. The lowest BCUT2D eigenvalue weighted by Gasteiger charge is -2.03. The van der Waals surface area contributed by atoms with Crippen LogP contribution in [-0.4, -0.2) is 32.8 Å². The second-order valence-electron chi connectivity index (χ2n) is 6.29. The van der Waals surface area contributed by atoms with Crippen LogP contribution in [0.15, 0.2) is 63.7 Å². The van der Waals surface area contributed by atoms with E-state index in [4.69, 9.17) is 4.74 Å². The number of carbonyl (C=O) groups excluding carboxylic acids is 1. The predicted octanol–water partition coefficient (Wildman–Crippen LogP) is 4.80. The molecular formula is C21H18N2O6S. The van der Waals surface area contributed by atoms with Crippen LogP contribution >= 0.6 is 11.8 Å². The van der Waals surface area contributed by atoms with Gasteiger partial charge in [-0.2, -0.15) is 0 Å². The number of non-ortho nitro benzene ring substituents is 1. The van der Waals surface area contributed by atoms with Crippen molar-refractivity contribution in [3.8, 4) is 5.75 Å². The van der Waals surface area contributed by atoms with Gasteiger partial charge in [-0.15, -0.1) is 0 Å². The Bertz CT molecular complexity index is 1100. The van der Waals surface area contributed by atoms with Crippen molar-refractivity contribution in [2.45, 2.75) is 13.8 Å². The van der Waals surface area contributed by atoms with Gasteiger partial charge in [0.15, 0.2) is 0 Å². The summed E-state index contributed by atoms with van der Waals surface area (Å²) in [6, 6.07) is 10.5. The standard InChI is InChI=1S/C21H18N2O6S/c1-3-29-21(26)18-19(25)17(11-13-4-9-16(24)12(2)10-13)30-20(18)22-14-5-7-15(8-6-14)23(27)28/h4-11,24-25H,3H2,1-2H3. The number of rotatable bonds is 5. The van der Waals surface area contributed by atoms with E-state index in [2.05, 4.69) is 4.99 Å². The molecule has 0 saturated carbocycles. The third-order valence-electron chi connectivity index (χ3n) is 4.18. The van der Waals surface area contributed by atoms with Crippen molar-refractivity contribution in [2.24, 2.45) is 4.99 Å². The van der Waals surface area contributed by atoms with Crippen molar-refractivity contribution in [1.29, 1.82) is 0 Å². The van der Waals surface area contributed by atoms with Gasteiger partial charge in [-0.3, -0.25) is 10.1 Å². The fourth-order valence-electron chi connectivity index (χ4n) is 2.68. The lowest BCUT2D eigenvalue weighted by molar-refractivity contribution is -0.384. The molecule has 154 valence electrons. The maximum atomic E-state index is 12.4. The molecule has 30 heavy (non-hydrogen) atoms. The van der Waals surface area contributed by atoms with Crippen LogP contribution in [0.3, 0.4) is 0 Å². The number of nitrogens with zero attached hydrogens (tertiary/aromatic N) is 2. The van der Waals surface area contributed by atoms with Crippen LogP contribution in [0.25, 0.3) is 6.08 Å². The molecule has 0 bridgehead atoms. The number of phenols is 1. The van der Waals surface area contributed by atoms with Gasteiger partial charge in [0.25, 0.3) is 5.69 Å². The second kappa shape index (κ2) is 8.83. The summed E-state index contributed by atoms with van der Waals surface area (Å²) in [5.41, 5.74) is 1.63. The number of carbonyl (C=O) groups is 1. The highest BCUT2D eigenvalue weighted by atomic mass is 32.2. The minimum Gasteiger partial charge on any atom is -0.508 e. The molecule has 8 nitrogen and oxygen atoms in total. The van der Waals surface area contributed by atoms with Crippen molar-refractivity contribution in [3.05, 3.63) is 79.9 Å². The zero-order chi connectivity index (χ0) is 21.8. The van der Waals surface area contributed by atoms with E-state index in [0.717, 1.165) is 17.3 Å². The van der Waals surface area contributed by atoms with Crippen LogP contribution in [0.5, 0.6) is 5.75 Å². The van der Waals surface area contributed by atoms with Crippen molar-refractivity contribution in [2.75, 3.05) is 6.61 Å². The number of aryl methyl sites for hydroxylation is 1. The number of hydrogen-bond donors (Lipinski definition) is 2. The molecule has 9 heteroatoms. The number of aliphatic hydroxyl groups excluding tert-OH is 1. The normalized spacial score (nSPS) is 16.3. The van der Waals surface area contributed by atoms with E-state index in [1.807, 2.05) is 0 Å². The van der Waals surface area contributed by atoms with E-state index in [1.165, 1.54) is 24.3 Å². The van der Waals surface area contributed by atoms with Gasteiger partial charge in [-0.05, 0) is 55.3 Å². The van der Waals surface area contributed by atoms with Gasteiger partial charge in [-0.1, -0.05) is 17.8 Å². The van der Waals surface area contributed by atoms with Gasteiger partial charge >= 0.3 is 5.97 Å². The topological polar surface area (TPSA) is 122 Å². The number of nitro groups is 1. The number of benzene rings is 2. The number of aliphatic imine (C=N–C) groups is 1. The first-order valence-corrected chi connectivity index (χ1v) is 9.75. The first kappa shape index (κ1) is 21.1. The smallest absolute Gasteiger partial charge is 0.344 e. The molecule has 1 heterocycles. The summed E-state index contributed by atoms with van der Waals surface area (Å²) in [4.78, 5) is 27.5. The van der Waals surface area contributed by atoms with Crippen LogP contribution in [0.4, 0.5) is 11.4 Å². The fourth-order valence-corrected chi connectivity index (χ4v) is 3.71. The van der Waals surface area contributed by atoms with Crippen LogP contribution in [0.2, 0.25) is 0 Å². The zero-order valence-electron chi connectivity index (χ0n) is 16.2. The molecule has 0 unspecified atom stereocenters.